The topological polar surface area (TPSA) is 115 Å². The van der Waals surface area contributed by atoms with Crippen LogP contribution in [0, 0.1) is 0 Å². The number of aromatic carboxylic acids is 1. The van der Waals surface area contributed by atoms with Crippen LogP contribution >= 0.6 is 15.9 Å². The van der Waals surface area contributed by atoms with Gasteiger partial charge in [-0.1, -0.05) is 0 Å². The Labute approximate surface area is 114 Å². The van der Waals surface area contributed by atoms with Gasteiger partial charge in [0.2, 0.25) is 0 Å². The molecule has 0 radical (unpaired) electrons. The molecule has 0 atom stereocenters. The third-order valence-corrected chi connectivity index (χ3v) is 2.96. The lowest BCUT2D eigenvalue weighted by molar-refractivity contribution is 0.0696. The summed E-state index contributed by atoms with van der Waals surface area (Å²) in [5.41, 5.74) is 0.0987. The van der Waals surface area contributed by atoms with Gasteiger partial charge in [0.15, 0.2) is 0 Å². The largest absolute Gasteiger partial charge is 0.478 e. The molecule has 0 spiro atoms. The number of H-pyrrole nitrogens is 2. The molecule has 4 N–H and O–H groups in total. The molecule has 1 heterocycles. The van der Waals surface area contributed by atoms with Gasteiger partial charge in [-0.2, -0.15) is 0 Å². The molecule has 0 aliphatic heterocycles. The second kappa shape index (κ2) is 5.11. The van der Waals surface area contributed by atoms with Crippen molar-refractivity contribution < 1.29 is 14.7 Å². The zero-order valence-electron chi connectivity index (χ0n) is 9.36. The second-order valence-corrected chi connectivity index (χ2v) is 4.46. The van der Waals surface area contributed by atoms with E-state index in [1.807, 2.05) is 0 Å². The van der Waals surface area contributed by atoms with Gasteiger partial charge >= 0.3 is 11.7 Å². The van der Waals surface area contributed by atoms with Gasteiger partial charge in [0, 0.05) is 10.7 Å². The summed E-state index contributed by atoms with van der Waals surface area (Å²) in [7, 11) is 0. The van der Waals surface area contributed by atoms with Crippen LogP contribution in [0.4, 0.5) is 5.69 Å². The van der Waals surface area contributed by atoms with E-state index in [1.54, 1.807) is 0 Å². The van der Waals surface area contributed by atoms with Crippen LogP contribution in [-0.2, 0) is 0 Å². The first kappa shape index (κ1) is 13.1. The zero-order chi connectivity index (χ0) is 14.0. The Morgan fingerprint density at radius 1 is 1.32 bits per heavy atom. The maximum Gasteiger partial charge on any atom is 0.335 e. The fraction of sp³-hybridized carbons (Fsp3) is 0. The molecule has 8 heteroatoms. The van der Waals surface area contributed by atoms with Crippen LogP contribution in [-0.4, -0.2) is 27.0 Å². The van der Waals surface area contributed by atoms with Gasteiger partial charge in [0.05, 0.1) is 11.3 Å². The first-order valence-corrected chi connectivity index (χ1v) is 5.88. The van der Waals surface area contributed by atoms with Crippen molar-refractivity contribution in [2.75, 3.05) is 5.32 Å². The van der Waals surface area contributed by atoms with Crippen molar-refractivity contribution in [3.8, 4) is 0 Å². The highest BCUT2D eigenvalue weighted by Gasteiger charge is 2.12. The lowest BCUT2D eigenvalue weighted by Crippen LogP contribution is -2.14. The van der Waals surface area contributed by atoms with E-state index >= 15 is 0 Å². The summed E-state index contributed by atoms with van der Waals surface area (Å²) >= 11 is 3.16. The number of carbonyl (C=O) groups excluding carboxylic acids is 1. The Balaban J connectivity index is 2.22. The number of anilines is 1. The fourth-order valence-electron chi connectivity index (χ4n) is 1.39. The van der Waals surface area contributed by atoms with Gasteiger partial charge in [-0.05, 0) is 34.1 Å². The van der Waals surface area contributed by atoms with Crippen LogP contribution in [0.5, 0.6) is 0 Å². The number of aromatic nitrogens is 2. The number of aromatic amines is 2. The molecule has 2 aromatic rings. The number of rotatable bonds is 3. The summed E-state index contributed by atoms with van der Waals surface area (Å²) in [5.74, 6) is -1.57. The summed E-state index contributed by atoms with van der Waals surface area (Å²) in [5, 5.41) is 11.3. The van der Waals surface area contributed by atoms with Gasteiger partial charge in [0.1, 0.15) is 5.69 Å². The average molecular weight is 326 g/mol. The Hall–Kier alpha value is -2.35. The molecule has 0 aliphatic rings. The quantitative estimate of drug-likeness (QED) is 0.683. The van der Waals surface area contributed by atoms with E-state index < -0.39 is 17.6 Å². The van der Waals surface area contributed by atoms with Crippen molar-refractivity contribution in [3.63, 3.8) is 0 Å². The van der Waals surface area contributed by atoms with E-state index in [2.05, 4.69) is 31.2 Å². The highest BCUT2D eigenvalue weighted by Crippen LogP contribution is 2.24. The molecular formula is C11H8BrN3O4. The van der Waals surface area contributed by atoms with E-state index in [0.717, 1.165) is 0 Å². The number of hydrogen-bond acceptors (Lipinski definition) is 3. The minimum Gasteiger partial charge on any atom is -0.478 e. The number of hydrogen-bond donors (Lipinski definition) is 4. The molecule has 7 nitrogen and oxygen atoms in total. The van der Waals surface area contributed by atoms with Crippen LogP contribution in [0.25, 0.3) is 0 Å². The number of amides is 1. The SMILES string of the molecule is O=C(O)c1ccc(NC(=O)c2c[nH]c(=O)[nH]2)c(Br)c1. The molecular weight excluding hydrogens is 318 g/mol. The summed E-state index contributed by atoms with van der Waals surface area (Å²) in [6.45, 7) is 0. The summed E-state index contributed by atoms with van der Waals surface area (Å²) in [6, 6.07) is 4.19. The predicted molar refractivity (Wildman–Crippen MR) is 70.5 cm³/mol. The molecule has 98 valence electrons. The standard InChI is InChI=1S/C11H8BrN3O4/c12-6-3-5(10(17)18)1-2-7(6)14-9(16)8-4-13-11(19)15-8/h1-4H,(H,14,16)(H,17,18)(H2,13,15,19). The van der Waals surface area contributed by atoms with Crippen molar-refractivity contribution in [1.29, 1.82) is 0 Å². The van der Waals surface area contributed by atoms with E-state index in [1.165, 1.54) is 24.4 Å². The molecule has 1 aromatic carbocycles. The van der Waals surface area contributed by atoms with Crippen molar-refractivity contribution >= 4 is 33.5 Å². The molecule has 0 saturated heterocycles. The van der Waals surface area contributed by atoms with Crippen molar-refractivity contribution in [2.24, 2.45) is 0 Å². The molecule has 1 aromatic heterocycles. The molecule has 2 rings (SSSR count). The average Bonchev–Trinajstić information content (AvgIpc) is 2.78. The maximum absolute atomic E-state index is 11.8. The second-order valence-electron chi connectivity index (χ2n) is 3.61. The molecule has 0 saturated carbocycles. The van der Waals surface area contributed by atoms with Crippen LogP contribution in [0.2, 0.25) is 0 Å². The number of nitrogens with one attached hydrogen (secondary N) is 3. The normalized spacial score (nSPS) is 10.2. The first-order chi connectivity index (χ1) is 8.97. The van der Waals surface area contributed by atoms with Crippen LogP contribution < -0.4 is 11.0 Å². The molecule has 0 bridgehead atoms. The number of imidazole rings is 1. The van der Waals surface area contributed by atoms with E-state index in [-0.39, 0.29) is 11.3 Å². The first-order valence-electron chi connectivity index (χ1n) is 5.09. The minimum absolute atomic E-state index is 0.0826. The predicted octanol–water partition coefficient (Wildman–Crippen LogP) is 1.42. The van der Waals surface area contributed by atoms with Crippen molar-refractivity contribution in [3.05, 3.63) is 50.6 Å². The number of carbonyl (C=O) groups is 2. The Bertz CT molecular complexity index is 704. The summed E-state index contributed by atoms with van der Waals surface area (Å²) < 4.78 is 0.429. The highest BCUT2D eigenvalue weighted by molar-refractivity contribution is 9.10. The summed E-state index contributed by atoms with van der Waals surface area (Å²) in [4.78, 5) is 38.0. The van der Waals surface area contributed by atoms with Gasteiger partial charge in [-0.3, -0.25) is 4.79 Å². The molecule has 0 fully saturated rings. The smallest absolute Gasteiger partial charge is 0.335 e. The number of carboxylic acids is 1. The van der Waals surface area contributed by atoms with Gasteiger partial charge in [-0.25, -0.2) is 9.59 Å². The fourth-order valence-corrected chi connectivity index (χ4v) is 1.87. The molecule has 1 amide bonds. The summed E-state index contributed by atoms with van der Waals surface area (Å²) in [6.07, 6.45) is 1.25. The number of halogens is 1. The number of benzene rings is 1. The van der Waals surface area contributed by atoms with E-state index in [4.69, 9.17) is 5.11 Å². The van der Waals surface area contributed by atoms with Gasteiger partial charge in [0.25, 0.3) is 5.91 Å². The van der Waals surface area contributed by atoms with Crippen LogP contribution in [0.15, 0.2) is 33.7 Å². The van der Waals surface area contributed by atoms with Gasteiger partial charge in [-0.15, -0.1) is 0 Å². The highest BCUT2D eigenvalue weighted by atomic mass is 79.9. The van der Waals surface area contributed by atoms with E-state index in [9.17, 15) is 14.4 Å². The maximum atomic E-state index is 11.8. The van der Waals surface area contributed by atoms with Gasteiger partial charge < -0.3 is 20.4 Å². The zero-order valence-corrected chi connectivity index (χ0v) is 10.9. The monoisotopic (exact) mass is 325 g/mol. The third-order valence-electron chi connectivity index (χ3n) is 2.30. The van der Waals surface area contributed by atoms with Crippen molar-refractivity contribution in [1.82, 2.24) is 9.97 Å². The van der Waals surface area contributed by atoms with E-state index in [0.29, 0.717) is 10.2 Å². The van der Waals surface area contributed by atoms with Crippen molar-refractivity contribution in [2.45, 2.75) is 0 Å². The lowest BCUT2D eigenvalue weighted by Gasteiger charge is -2.06. The number of carboxylic acid groups (broad SMARTS) is 1. The molecule has 19 heavy (non-hydrogen) atoms. The lowest BCUT2D eigenvalue weighted by atomic mass is 10.2. The minimum atomic E-state index is -1.06. The Morgan fingerprint density at radius 2 is 2.05 bits per heavy atom. The van der Waals surface area contributed by atoms with Crippen LogP contribution in [0.1, 0.15) is 20.8 Å². The molecule has 0 aliphatic carbocycles. The third kappa shape index (κ3) is 2.91. The van der Waals surface area contributed by atoms with Crippen LogP contribution in [0.3, 0.4) is 0 Å². The Kier molecular flexibility index (Phi) is 3.52. The molecule has 0 unspecified atom stereocenters. The Morgan fingerprint density at radius 3 is 2.58 bits per heavy atom.